The lowest BCUT2D eigenvalue weighted by atomic mass is 10.2. The zero-order valence-corrected chi connectivity index (χ0v) is 14.0. The molecule has 2 aromatic heterocycles. The van der Waals surface area contributed by atoms with Gasteiger partial charge in [0.2, 0.25) is 5.91 Å². The Hall–Kier alpha value is -2.47. The zero-order valence-electron chi connectivity index (χ0n) is 13.2. The van der Waals surface area contributed by atoms with Gasteiger partial charge >= 0.3 is 0 Å². The molecule has 4 rings (SSSR count). The molecule has 0 saturated carbocycles. The molecule has 1 aliphatic rings. The number of nitrogens with one attached hydrogen (secondary N) is 1. The fraction of sp³-hybridized carbons (Fsp3) is 0.278. The molecule has 122 valence electrons. The van der Waals surface area contributed by atoms with Crippen molar-refractivity contribution in [3.05, 3.63) is 58.5 Å². The van der Waals surface area contributed by atoms with Crippen molar-refractivity contribution in [1.29, 1.82) is 0 Å². The summed E-state index contributed by atoms with van der Waals surface area (Å²) in [6, 6.07) is 13.9. The second-order valence-corrected chi connectivity index (χ2v) is 6.94. The zero-order chi connectivity index (χ0) is 16.4. The number of carbonyl (C=O) groups excluding carboxylic acids is 1. The lowest BCUT2D eigenvalue weighted by Crippen LogP contribution is -2.32. The number of benzene rings is 1. The molecule has 3 aromatic rings. The predicted molar refractivity (Wildman–Crippen MR) is 93.5 cm³/mol. The van der Waals surface area contributed by atoms with Gasteiger partial charge in [-0.05, 0) is 24.3 Å². The third-order valence-electron chi connectivity index (χ3n) is 4.33. The minimum absolute atomic E-state index is 0.00224. The Morgan fingerprint density at radius 1 is 1.25 bits per heavy atom. The Labute approximate surface area is 144 Å². The first-order chi connectivity index (χ1) is 11.8. The average molecular weight is 338 g/mol. The fourth-order valence-corrected chi connectivity index (χ4v) is 3.85. The van der Waals surface area contributed by atoms with Gasteiger partial charge in [0.25, 0.3) is 0 Å². The molecule has 1 fully saturated rings. The molecule has 1 unspecified atom stereocenters. The molecule has 0 aliphatic carbocycles. The Morgan fingerprint density at radius 3 is 2.92 bits per heavy atom. The quantitative estimate of drug-likeness (QED) is 0.793. The van der Waals surface area contributed by atoms with Gasteiger partial charge in [0.05, 0.1) is 12.5 Å². The van der Waals surface area contributed by atoms with Crippen LogP contribution in [0.5, 0.6) is 0 Å². The smallest absolute Gasteiger partial charge is 0.228 e. The molecule has 6 heteroatoms. The maximum atomic E-state index is 12.6. The van der Waals surface area contributed by atoms with E-state index in [1.165, 1.54) is 0 Å². The van der Waals surface area contributed by atoms with Crippen LogP contribution in [0.3, 0.4) is 0 Å². The largest absolute Gasteiger partial charge is 0.332 e. The molecule has 3 heterocycles. The number of rotatable bonds is 4. The van der Waals surface area contributed by atoms with E-state index in [4.69, 9.17) is 0 Å². The van der Waals surface area contributed by atoms with Crippen molar-refractivity contribution in [2.24, 2.45) is 0 Å². The number of hydrogen-bond donors (Lipinski definition) is 1. The van der Waals surface area contributed by atoms with Crippen molar-refractivity contribution in [3.8, 4) is 11.4 Å². The third kappa shape index (κ3) is 2.97. The summed E-state index contributed by atoms with van der Waals surface area (Å²) < 4.78 is 0. The SMILES string of the molecule is O=C(Cc1cccs1)N1CCCC1c1nc(-c2ccccc2)n[nH]1. The van der Waals surface area contributed by atoms with Gasteiger partial charge in [-0.1, -0.05) is 36.4 Å². The van der Waals surface area contributed by atoms with Gasteiger partial charge in [-0.25, -0.2) is 4.98 Å². The van der Waals surface area contributed by atoms with E-state index in [2.05, 4.69) is 15.2 Å². The van der Waals surface area contributed by atoms with Crippen LogP contribution in [-0.2, 0) is 11.2 Å². The third-order valence-corrected chi connectivity index (χ3v) is 5.21. The topological polar surface area (TPSA) is 61.9 Å². The Balaban J connectivity index is 1.53. The number of thiophene rings is 1. The molecule has 0 spiro atoms. The van der Waals surface area contributed by atoms with E-state index in [-0.39, 0.29) is 11.9 Å². The van der Waals surface area contributed by atoms with Crippen molar-refractivity contribution < 1.29 is 4.79 Å². The summed E-state index contributed by atoms with van der Waals surface area (Å²) in [5.74, 6) is 1.63. The second-order valence-electron chi connectivity index (χ2n) is 5.91. The molecular formula is C18H18N4OS. The highest BCUT2D eigenvalue weighted by Crippen LogP contribution is 2.31. The van der Waals surface area contributed by atoms with E-state index in [1.54, 1.807) is 11.3 Å². The standard InChI is InChI=1S/C18H18N4OS/c23-16(12-14-8-5-11-24-14)22-10-4-9-15(22)18-19-17(20-21-18)13-6-2-1-3-7-13/h1-3,5-8,11,15H,4,9-10,12H2,(H,19,20,21). The van der Waals surface area contributed by atoms with Gasteiger partial charge < -0.3 is 4.90 Å². The van der Waals surface area contributed by atoms with Crippen LogP contribution in [0.25, 0.3) is 11.4 Å². The number of nitrogens with zero attached hydrogens (tertiary/aromatic N) is 3. The summed E-state index contributed by atoms with van der Waals surface area (Å²) in [6.45, 7) is 0.788. The van der Waals surface area contributed by atoms with Crippen LogP contribution < -0.4 is 0 Å². The summed E-state index contributed by atoms with van der Waals surface area (Å²) in [4.78, 5) is 20.3. The first-order valence-corrected chi connectivity index (χ1v) is 8.99. The van der Waals surface area contributed by atoms with Crippen LogP contribution in [0.2, 0.25) is 0 Å². The highest BCUT2D eigenvalue weighted by Gasteiger charge is 2.32. The predicted octanol–water partition coefficient (Wildman–Crippen LogP) is 3.44. The monoisotopic (exact) mass is 338 g/mol. The van der Waals surface area contributed by atoms with Gasteiger partial charge in [-0.2, -0.15) is 5.10 Å². The molecule has 1 aliphatic heterocycles. The number of aromatic amines is 1. The Kier molecular flexibility index (Phi) is 4.13. The number of aromatic nitrogens is 3. The minimum atomic E-state index is 0.00224. The van der Waals surface area contributed by atoms with E-state index in [0.29, 0.717) is 12.2 Å². The van der Waals surface area contributed by atoms with Crippen LogP contribution in [0.1, 0.15) is 29.6 Å². The van der Waals surface area contributed by atoms with Gasteiger partial charge in [0.1, 0.15) is 5.82 Å². The maximum absolute atomic E-state index is 12.6. The lowest BCUT2D eigenvalue weighted by Gasteiger charge is -2.22. The van der Waals surface area contributed by atoms with Gasteiger partial charge in [-0.3, -0.25) is 9.89 Å². The average Bonchev–Trinajstić information content (AvgIpc) is 3.36. The molecular weight excluding hydrogens is 320 g/mol. The van der Waals surface area contributed by atoms with E-state index in [1.807, 2.05) is 52.7 Å². The Bertz CT molecular complexity index is 813. The normalized spacial score (nSPS) is 17.3. The summed E-state index contributed by atoms with van der Waals surface area (Å²) in [6.07, 6.45) is 2.40. The van der Waals surface area contributed by atoms with Crippen molar-refractivity contribution in [1.82, 2.24) is 20.1 Å². The molecule has 24 heavy (non-hydrogen) atoms. The molecule has 1 aromatic carbocycles. The van der Waals surface area contributed by atoms with Crippen LogP contribution in [-0.4, -0.2) is 32.5 Å². The Morgan fingerprint density at radius 2 is 2.12 bits per heavy atom. The maximum Gasteiger partial charge on any atom is 0.228 e. The van der Waals surface area contributed by atoms with E-state index in [9.17, 15) is 4.79 Å². The lowest BCUT2D eigenvalue weighted by molar-refractivity contribution is -0.131. The van der Waals surface area contributed by atoms with E-state index < -0.39 is 0 Å². The number of likely N-dealkylation sites (tertiary alicyclic amines) is 1. The number of H-pyrrole nitrogens is 1. The van der Waals surface area contributed by atoms with Crippen molar-refractivity contribution in [2.45, 2.75) is 25.3 Å². The van der Waals surface area contributed by atoms with Crippen molar-refractivity contribution in [2.75, 3.05) is 6.54 Å². The molecule has 1 saturated heterocycles. The van der Waals surface area contributed by atoms with E-state index in [0.717, 1.165) is 35.7 Å². The van der Waals surface area contributed by atoms with Crippen LogP contribution in [0.15, 0.2) is 47.8 Å². The van der Waals surface area contributed by atoms with Crippen LogP contribution >= 0.6 is 11.3 Å². The molecule has 1 N–H and O–H groups in total. The molecule has 0 bridgehead atoms. The minimum Gasteiger partial charge on any atom is -0.332 e. The van der Waals surface area contributed by atoms with Crippen LogP contribution in [0.4, 0.5) is 0 Å². The summed E-state index contributed by atoms with van der Waals surface area (Å²) in [5.41, 5.74) is 0.981. The highest BCUT2D eigenvalue weighted by molar-refractivity contribution is 7.10. The molecule has 0 radical (unpaired) electrons. The van der Waals surface area contributed by atoms with Crippen molar-refractivity contribution >= 4 is 17.2 Å². The molecule has 1 amide bonds. The molecule has 5 nitrogen and oxygen atoms in total. The summed E-state index contributed by atoms with van der Waals surface area (Å²) in [7, 11) is 0. The number of hydrogen-bond acceptors (Lipinski definition) is 4. The fourth-order valence-electron chi connectivity index (χ4n) is 3.15. The first kappa shape index (κ1) is 15.1. The van der Waals surface area contributed by atoms with Gasteiger partial charge in [-0.15, -0.1) is 11.3 Å². The van der Waals surface area contributed by atoms with Crippen molar-refractivity contribution in [3.63, 3.8) is 0 Å². The van der Waals surface area contributed by atoms with Gasteiger partial charge in [0.15, 0.2) is 5.82 Å². The van der Waals surface area contributed by atoms with E-state index >= 15 is 0 Å². The molecule has 1 atom stereocenters. The second kappa shape index (κ2) is 6.57. The first-order valence-electron chi connectivity index (χ1n) is 8.11. The van der Waals surface area contributed by atoms with Crippen LogP contribution in [0, 0.1) is 0 Å². The van der Waals surface area contributed by atoms with Gasteiger partial charge in [0, 0.05) is 17.0 Å². The number of carbonyl (C=O) groups is 1. The summed E-state index contributed by atoms with van der Waals surface area (Å²) in [5, 5.41) is 9.37. The number of amides is 1. The summed E-state index contributed by atoms with van der Waals surface area (Å²) >= 11 is 1.63. The highest BCUT2D eigenvalue weighted by atomic mass is 32.1.